The molecule has 0 N–H and O–H groups in total. The van der Waals surface area contributed by atoms with Crippen LogP contribution in [0, 0.1) is 70.3 Å². The van der Waals surface area contributed by atoms with E-state index in [4.69, 9.17) is 0 Å². The normalized spacial score (nSPS) is 11.0. The lowest BCUT2D eigenvalue weighted by atomic mass is 10.1. The molecule has 0 fully saturated rings. The fourth-order valence-corrected chi connectivity index (χ4v) is 19.5. The van der Waals surface area contributed by atoms with Gasteiger partial charge in [-0.1, -0.05) is 160 Å². The van der Waals surface area contributed by atoms with Crippen molar-refractivity contribution in [3.63, 3.8) is 0 Å². The van der Waals surface area contributed by atoms with E-state index in [1.165, 1.54) is 0 Å². The summed E-state index contributed by atoms with van der Waals surface area (Å²) in [4.78, 5) is 0. The molecule has 62 heavy (non-hydrogen) atoms. The number of rotatable bonds is 6. The fraction of sp³-hybridized carbons (Fsp3) is 0.300. The molecule has 0 aliphatic rings. The molecular formula is C60H62Si2. The van der Waals surface area contributed by atoms with Crippen LogP contribution in [0.5, 0.6) is 0 Å². The highest BCUT2D eigenvalue weighted by atomic mass is 28.3. The quantitative estimate of drug-likeness (QED) is 0.118. The smallest absolute Gasteiger partial charge is 0.125 e. The molecule has 310 valence electrons. The molecule has 0 aliphatic heterocycles. The van der Waals surface area contributed by atoms with Crippen LogP contribution in [0.25, 0.3) is 0 Å². The predicted octanol–water partition coefficient (Wildman–Crippen LogP) is 14.4. The van der Waals surface area contributed by atoms with Gasteiger partial charge in [0.25, 0.3) is 0 Å². The minimum Gasteiger partial charge on any atom is -0.125 e. The van der Waals surface area contributed by atoms with Crippen molar-refractivity contribution in [3.8, 4) is 70.3 Å². The second-order valence-corrected chi connectivity index (χ2v) is 29.3. The van der Waals surface area contributed by atoms with Gasteiger partial charge < -0.3 is 0 Å². The summed E-state index contributed by atoms with van der Waals surface area (Å²) in [6.45, 7) is 28.2. The molecule has 0 unspecified atom stereocenters. The maximum absolute atomic E-state index is 3.82. The van der Waals surface area contributed by atoms with Crippen LogP contribution in [-0.2, 0) is 0 Å². The molecule has 0 aromatic heterocycles. The Bertz CT molecular complexity index is 2660. The van der Waals surface area contributed by atoms with Crippen LogP contribution in [0.15, 0.2) is 121 Å². The van der Waals surface area contributed by atoms with Gasteiger partial charge in [-0.15, -0.1) is 11.1 Å². The summed E-state index contributed by atoms with van der Waals surface area (Å²) in [6, 6.07) is 40.9. The molecule has 0 bridgehead atoms. The standard InChI is InChI=1S/C60H62Si2/c1-45(2)61(46(3)4,47(5)6)42-40-55-28-24-52(25-29-55)33-35-58-17-15-16-57(44-58)34-32-51-20-22-53(23-21-51)36-38-59-18-13-14-19-60(59)39-37-54-26-30-56(31-27-54)41-43-62(48(7)8,49(9)10)50(11)12/h13-31,44-50H,1-12H3. The van der Waals surface area contributed by atoms with Crippen molar-refractivity contribution in [3.05, 3.63) is 177 Å². The zero-order chi connectivity index (χ0) is 44.9. The van der Waals surface area contributed by atoms with Gasteiger partial charge in [-0.3, -0.25) is 0 Å². The molecule has 0 amide bonds. The predicted molar refractivity (Wildman–Crippen MR) is 272 cm³/mol. The van der Waals surface area contributed by atoms with E-state index in [2.05, 4.69) is 202 Å². The van der Waals surface area contributed by atoms with Gasteiger partial charge >= 0.3 is 0 Å². The van der Waals surface area contributed by atoms with Crippen LogP contribution in [0.1, 0.15) is 139 Å². The van der Waals surface area contributed by atoms with Crippen molar-refractivity contribution in [2.75, 3.05) is 0 Å². The van der Waals surface area contributed by atoms with Crippen LogP contribution in [-0.4, -0.2) is 16.1 Å². The zero-order valence-corrected chi connectivity index (χ0v) is 41.0. The summed E-state index contributed by atoms with van der Waals surface area (Å²) in [6.07, 6.45) is 0. The monoisotopic (exact) mass is 838 g/mol. The summed E-state index contributed by atoms with van der Waals surface area (Å²) < 4.78 is 0. The number of benzene rings is 5. The van der Waals surface area contributed by atoms with E-state index < -0.39 is 16.1 Å². The van der Waals surface area contributed by atoms with Gasteiger partial charge in [-0.2, -0.15) is 0 Å². The number of hydrogen-bond acceptors (Lipinski definition) is 0. The van der Waals surface area contributed by atoms with Crippen LogP contribution in [0.4, 0.5) is 0 Å². The maximum atomic E-state index is 3.82. The van der Waals surface area contributed by atoms with Gasteiger partial charge in [-0.25, -0.2) is 0 Å². The van der Waals surface area contributed by atoms with Crippen molar-refractivity contribution in [1.82, 2.24) is 0 Å². The van der Waals surface area contributed by atoms with Gasteiger partial charge in [0, 0.05) is 55.6 Å². The highest BCUT2D eigenvalue weighted by Gasteiger charge is 2.42. The first-order valence-electron chi connectivity index (χ1n) is 22.3. The summed E-state index contributed by atoms with van der Waals surface area (Å²) in [7, 11) is -3.55. The molecule has 0 atom stereocenters. The number of hydrogen-bond donors (Lipinski definition) is 0. The third kappa shape index (κ3) is 11.8. The van der Waals surface area contributed by atoms with Crippen LogP contribution in [0.2, 0.25) is 33.2 Å². The van der Waals surface area contributed by atoms with Crippen molar-refractivity contribution < 1.29 is 0 Å². The average Bonchev–Trinajstić information content (AvgIpc) is 3.25. The van der Waals surface area contributed by atoms with Crippen molar-refractivity contribution in [2.24, 2.45) is 0 Å². The Hall–Kier alpha value is -6.11. The average molecular weight is 839 g/mol. The van der Waals surface area contributed by atoms with E-state index in [-0.39, 0.29) is 0 Å². The van der Waals surface area contributed by atoms with Gasteiger partial charge in [-0.05, 0) is 136 Å². The lowest BCUT2D eigenvalue weighted by molar-refractivity contribution is 0.838. The lowest BCUT2D eigenvalue weighted by Gasteiger charge is -2.38. The third-order valence-electron chi connectivity index (χ3n) is 12.4. The molecule has 2 heteroatoms. The van der Waals surface area contributed by atoms with Gasteiger partial charge in [0.05, 0.1) is 0 Å². The summed E-state index contributed by atoms with van der Waals surface area (Å²) in [5, 5.41) is 0. The molecule has 5 aromatic carbocycles. The van der Waals surface area contributed by atoms with E-state index in [1.807, 2.05) is 72.8 Å². The highest BCUT2D eigenvalue weighted by molar-refractivity contribution is 6.91. The Morgan fingerprint density at radius 2 is 0.500 bits per heavy atom. The molecule has 0 saturated carbocycles. The molecule has 0 heterocycles. The Morgan fingerprint density at radius 3 is 0.774 bits per heavy atom. The lowest BCUT2D eigenvalue weighted by Crippen LogP contribution is -2.43. The van der Waals surface area contributed by atoms with E-state index in [9.17, 15) is 0 Å². The molecule has 0 spiro atoms. The largest absolute Gasteiger partial charge is 0.146 e. The Labute approximate surface area is 377 Å². The molecule has 5 rings (SSSR count). The molecule has 0 radical (unpaired) electrons. The first kappa shape index (κ1) is 47.0. The Morgan fingerprint density at radius 1 is 0.258 bits per heavy atom. The third-order valence-corrected chi connectivity index (χ3v) is 25.0. The van der Waals surface area contributed by atoms with Crippen LogP contribution in [0.3, 0.4) is 0 Å². The molecule has 0 saturated heterocycles. The summed E-state index contributed by atoms with van der Waals surface area (Å²) >= 11 is 0. The van der Waals surface area contributed by atoms with Gasteiger partial charge in [0.15, 0.2) is 0 Å². The van der Waals surface area contributed by atoms with Crippen LogP contribution >= 0.6 is 0 Å². The van der Waals surface area contributed by atoms with Crippen molar-refractivity contribution in [2.45, 2.75) is 116 Å². The highest BCUT2D eigenvalue weighted by Crippen LogP contribution is 2.42. The van der Waals surface area contributed by atoms with E-state index in [1.54, 1.807) is 0 Å². The van der Waals surface area contributed by atoms with E-state index >= 15 is 0 Å². The minimum absolute atomic E-state index is 0.609. The molecule has 5 aromatic rings. The first-order valence-corrected chi connectivity index (χ1v) is 26.7. The topological polar surface area (TPSA) is 0 Å². The van der Waals surface area contributed by atoms with E-state index in [0.717, 1.165) is 55.6 Å². The minimum atomic E-state index is -1.78. The van der Waals surface area contributed by atoms with Crippen LogP contribution < -0.4 is 0 Å². The Kier molecular flexibility index (Phi) is 16.4. The Balaban J connectivity index is 1.23. The van der Waals surface area contributed by atoms with E-state index in [0.29, 0.717) is 33.2 Å². The molecule has 0 aliphatic carbocycles. The second-order valence-electron chi connectivity index (χ2n) is 18.2. The maximum Gasteiger partial charge on any atom is 0.146 e. The second kappa shape index (κ2) is 21.6. The van der Waals surface area contributed by atoms with Crippen molar-refractivity contribution in [1.29, 1.82) is 0 Å². The SMILES string of the molecule is CC(C)[Si](C#Cc1ccc(C#Cc2cccc(C#Cc3ccc(C#Cc4ccccc4C#Cc4ccc(C#C[Si](C(C)C)(C(C)C)C(C)C)cc4)cc3)c2)cc1)(C(C)C)C(C)C. The van der Waals surface area contributed by atoms with Gasteiger partial charge in [0.2, 0.25) is 0 Å². The summed E-state index contributed by atoms with van der Waals surface area (Å²) in [5.74, 6) is 33.7. The first-order chi connectivity index (χ1) is 29.6. The molecule has 0 nitrogen and oxygen atoms in total. The van der Waals surface area contributed by atoms with Gasteiger partial charge in [0.1, 0.15) is 16.1 Å². The fourth-order valence-electron chi connectivity index (χ4n) is 9.08. The molecular weight excluding hydrogens is 777 g/mol. The zero-order valence-electron chi connectivity index (χ0n) is 39.0. The summed E-state index contributed by atoms with van der Waals surface area (Å²) in [5.41, 5.74) is 20.8. The van der Waals surface area contributed by atoms with Crippen molar-refractivity contribution >= 4 is 16.1 Å².